The fourth-order valence-corrected chi connectivity index (χ4v) is 2.64. The lowest BCUT2D eigenvalue weighted by atomic mass is 9.91. The van der Waals surface area contributed by atoms with E-state index in [1.54, 1.807) is 0 Å². The van der Waals surface area contributed by atoms with Gasteiger partial charge >= 0.3 is 0 Å². The fourth-order valence-electron chi connectivity index (χ4n) is 2.64. The number of allylic oxidation sites excluding steroid dienone is 2. The summed E-state index contributed by atoms with van der Waals surface area (Å²) in [5.41, 5.74) is 3.67. The van der Waals surface area contributed by atoms with Gasteiger partial charge < -0.3 is 5.11 Å². The second-order valence-corrected chi connectivity index (χ2v) is 5.65. The van der Waals surface area contributed by atoms with Crippen LogP contribution in [0.15, 0.2) is 48.0 Å². The first-order valence-corrected chi connectivity index (χ1v) is 7.45. The molecule has 0 saturated heterocycles. The molecule has 0 aliphatic heterocycles. The highest BCUT2D eigenvalue weighted by Crippen LogP contribution is 2.31. The average Bonchev–Trinajstić information content (AvgIpc) is 2.44. The molecule has 0 heterocycles. The molecule has 0 fully saturated rings. The molecule has 0 aromatic heterocycles. The smallest absolute Gasteiger partial charge is 0.0798 e. The Bertz CT molecular complexity index is 606. The fraction of sp³-hybridized carbons (Fsp3) is 0.368. The van der Waals surface area contributed by atoms with Gasteiger partial charge in [0, 0.05) is 0 Å². The maximum absolute atomic E-state index is 10.5. The van der Waals surface area contributed by atoms with E-state index in [0.717, 1.165) is 24.8 Å². The zero-order valence-corrected chi connectivity index (χ0v) is 12.7. The molecule has 1 N–H and O–H groups in total. The van der Waals surface area contributed by atoms with Crippen LogP contribution in [0.2, 0.25) is 0 Å². The third kappa shape index (κ3) is 3.29. The van der Waals surface area contributed by atoms with Crippen LogP contribution < -0.4 is 0 Å². The van der Waals surface area contributed by atoms with Gasteiger partial charge in [0.15, 0.2) is 0 Å². The topological polar surface area (TPSA) is 20.2 Å². The maximum atomic E-state index is 10.5. The lowest BCUT2D eigenvalue weighted by molar-refractivity contribution is 0.167. The van der Waals surface area contributed by atoms with Crippen molar-refractivity contribution in [2.75, 3.05) is 0 Å². The Kier molecular flexibility index (Phi) is 4.97. The summed E-state index contributed by atoms with van der Waals surface area (Å²) in [7, 11) is 0. The van der Waals surface area contributed by atoms with Crippen LogP contribution in [0.5, 0.6) is 0 Å². The van der Waals surface area contributed by atoms with Gasteiger partial charge in [0.2, 0.25) is 0 Å². The van der Waals surface area contributed by atoms with Crippen LogP contribution in [0, 0.1) is 0 Å². The average molecular weight is 268 g/mol. The Morgan fingerprint density at radius 2 is 1.90 bits per heavy atom. The first-order chi connectivity index (χ1) is 9.63. The molecule has 1 nitrogen and oxygen atoms in total. The van der Waals surface area contributed by atoms with E-state index in [2.05, 4.69) is 57.2 Å². The van der Waals surface area contributed by atoms with E-state index < -0.39 is 0 Å². The van der Waals surface area contributed by atoms with Crippen molar-refractivity contribution < 1.29 is 5.11 Å². The van der Waals surface area contributed by atoms with Crippen LogP contribution in [0.3, 0.4) is 0 Å². The molecule has 1 heteroatoms. The van der Waals surface area contributed by atoms with Crippen LogP contribution in [0.1, 0.15) is 50.8 Å². The van der Waals surface area contributed by atoms with Gasteiger partial charge in [0.1, 0.15) is 0 Å². The van der Waals surface area contributed by atoms with Gasteiger partial charge in [-0.1, -0.05) is 61.4 Å². The van der Waals surface area contributed by atoms with Crippen LogP contribution in [0.4, 0.5) is 0 Å². The Hall–Kier alpha value is -1.60. The predicted molar refractivity (Wildman–Crippen MR) is 87.0 cm³/mol. The van der Waals surface area contributed by atoms with Gasteiger partial charge in [0.05, 0.1) is 6.10 Å². The van der Waals surface area contributed by atoms with Crippen LogP contribution in [0.25, 0.3) is 10.8 Å². The van der Waals surface area contributed by atoms with Crippen LogP contribution in [-0.2, 0) is 6.42 Å². The summed E-state index contributed by atoms with van der Waals surface area (Å²) in [4.78, 5) is 0. The number of fused-ring (bicyclic) bond motifs is 1. The number of benzene rings is 2. The van der Waals surface area contributed by atoms with E-state index in [-0.39, 0.29) is 6.10 Å². The van der Waals surface area contributed by atoms with E-state index in [4.69, 9.17) is 0 Å². The molecule has 1 unspecified atom stereocenters. The van der Waals surface area contributed by atoms with Crippen molar-refractivity contribution in [1.82, 2.24) is 0 Å². The molecule has 0 aliphatic rings. The minimum absolute atomic E-state index is 0.369. The second-order valence-electron chi connectivity index (χ2n) is 5.65. The summed E-state index contributed by atoms with van der Waals surface area (Å²) in [6.45, 7) is 6.34. The molecular weight excluding hydrogens is 244 g/mol. The quantitative estimate of drug-likeness (QED) is 0.741. The summed E-state index contributed by atoms with van der Waals surface area (Å²) < 4.78 is 0. The van der Waals surface area contributed by atoms with Crippen molar-refractivity contribution in [2.24, 2.45) is 0 Å². The molecule has 0 amide bonds. The highest BCUT2D eigenvalue weighted by atomic mass is 16.3. The zero-order chi connectivity index (χ0) is 14.5. The van der Waals surface area contributed by atoms with Gasteiger partial charge in [-0.3, -0.25) is 0 Å². The van der Waals surface area contributed by atoms with Crippen molar-refractivity contribution in [2.45, 2.75) is 46.1 Å². The molecule has 106 valence electrons. The SMILES string of the molecule is CCCC(O)c1c(CC=C(C)C)ccc2ccccc12. The Balaban J connectivity index is 2.55. The monoisotopic (exact) mass is 268 g/mol. The van der Waals surface area contributed by atoms with E-state index in [9.17, 15) is 5.11 Å². The van der Waals surface area contributed by atoms with E-state index in [1.165, 1.54) is 21.9 Å². The van der Waals surface area contributed by atoms with Gasteiger partial charge in [-0.2, -0.15) is 0 Å². The van der Waals surface area contributed by atoms with E-state index in [1.807, 2.05) is 6.07 Å². The normalized spacial score (nSPS) is 12.4. The number of aliphatic hydroxyl groups is 1. The number of hydrogen-bond acceptors (Lipinski definition) is 1. The van der Waals surface area contributed by atoms with Crippen molar-refractivity contribution in [3.63, 3.8) is 0 Å². The van der Waals surface area contributed by atoms with E-state index in [0.29, 0.717) is 0 Å². The zero-order valence-electron chi connectivity index (χ0n) is 12.7. The lowest BCUT2D eigenvalue weighted by Crippen LogP contribution is -2.03. The van der Waals surface area contributed by atoms with Gasteiger partial charge in [-0.05, 0) is 48.6 Å². The van der Waals surface area contributed by atoms with Crippen molar-refractivity contribution in [1.29, 1.82) is 0 Å². The largest absolute Gasteiger partial charge is 0.388 e. The Morgan fingerprint density at radius 1 is 1.15 bits per heavy atom. The molecule has 20 heavy (non-hydrogen) atoms. The van der Waals surface area contributed by atoms with E-state index >= 15 is 0 Å². The maximum Gasteiger partial charge on any atom is 0.0798 e. The number of rotatable bonds is 5. The number of hydrogen-bond donors (Lipinski definition) is 1. The molecule has 2 aromatic rings. The van der Waals surface area contributed by atoms with Crippen LogP contribution in [-0.4, -0.2) is 5.11 Å². The Morgan fingerprint density at radius 3 is 2.60 bits per heavy atom. The van der Waals surface area contributed by atoms with Gasteiger partial charge in [-0.15, -0.1) is 0 Å². The van der Waals surface area contributed by atoms with Gasteiger partial charge in [-0.25, -0.2) is 0 Å². The molecule has 0 bridgehead atoms. The first kappa shape index (κ1) is 14.8. The molecule has 0 spiro atoms. The minimum atomic E-state index is -0.369. The van der Waals surface area contributed by atoms with Gasteiger partial charge in [0.25, 0.3) is 0 Å². The van der Waals surface area contributed by atoms with Crippen molar-refractivity contribution in [3.8, 4) is 0 Å². The van der Waals surface area contributed by atoms with Crippen molar-refractivity contribution >= 4 is 10.8 Å². The molecule has 0 radical (unpaired) electrons. The third-order valence-corrected chi connectivity index (χ3v) is 3.69. The number of aliphatic hydroxyl groups excluding tert-OH is 1. The summed E-state index contributed by atoms with van der Waals surface area (Å²) in [5.74, 6) is 0. The summed E-state index contributed by atoms with van der Waals surface area (Å²) in [5, 5.41) is 12.9. The Labute approximate surface area is 122 Å². The standard InChI is InChI=1S/C19H24O/c1-4-7-18(20)19-16(11-10-14(2)3)13-12-15-8-5-6-9-17(15)19/h5-6,8-10,12-13,18,20H,4,7,11H2,1-3H3. The molecule has 0 aliphatic carbocycles. The second kappa shape index (κ2) is 6.71. The highest BCUT2D eigenvalue weighted by Gasteiger charge is 2.14. The molecule has 2 rings (SSSR count). The van der Waals surface area contributed by atoms with Crippen LogP contribution >= 0.6 is 0 Å². The lowest BCUT2D eigenvalue weighted by Gasteiger charge is -2.17. The summed E-state index contributed by atoms with van der Waals surface area (Å²) in [6.07, 6.45) is 4.56. The molecular formula is C19H24O. The minimum Gasteiger partial charge on any atom is -0.388 e. The predicted octanol–water partition coefficient (Wildman–Crippen LogP) is 5.18. The third-order valence-electron chi connectivity index (χ3n) is 3.69. The molecule has 1 atom stereocenters. The molecule has 0 saturated carbocycles. The summed E-state index contributed by atoms with van der Waals surface area (Å²) in [6, 6.07) is 12.7. The first-order valence-electron chi connectivity index (χ1n) is 7.45. The van der Waals surface area contributed by atoms with Crippen molar-refractivity contribution in [3.05, 3.63) is 59.2 Å². The summed E-state index contributed by atoms with van der Waals surface area (Å²) >= 11 is 0. The molecule has 2 aromatic carbocycles. The highest BCUT2D eigenvalue weighted by molar-refractivity contribution is 5.87.